The molecule has 2 rings (SSSR count). The number of hydrogen-bond donors (Lipinski definition) is 1. The average molecular weight is 237 g/mol. The number of rotatable bonds is 4. The van der Waals surface area contributed by atoms with E-state index < -0.39 is 0 Å². The molecule has 2 aliphatic rings. The number of primary amides is 1. The first-order valence-electron chi connectivity index (χ1n) is 6.36. The summed E-state index contributed by atoms with van der Waals surface area (Å²) in [5.41, 5.74) is 6.36. The highest BCUT2D eigenvalue weighted by Gasteiger charge is 2.39. The summed E-state index contributed by atoms with van der Waals surface area (Å²) in [5.74, 6) is 0.659. The van der Waals surface area contributed by atoms with Gasteiger partial charge in [0.2, 0.25) is 5.91 Å². The van der Waals surface area contributed by atoms with E-state index in [2.05, 4.69) is 0 Å². The van der Waals surface area contributed by atoms with Crippen molar-refractivity contribution in [1.82, 2.24) is 0 Å². The smallest absolute Gasteiger partial charge is 0.218 e. The molecule has 1 amide bonds. The highest BCUT2D eigenvalue weighted by molar-refractivity contribution is 5.74. The van der Waals surface area contributed by atoms with Crippen LogP contribution in [0.4, 0.5) is 4.39 Å². The Morgan fingerprint density at radius 2 is 2.18 bits per heavy atom. The van der Waals surface area contributed by atoms with Gasteiger partial charge in [-0.25, -0.2) is 4.39 Å². The maximum atomic E-state index is 13.6. The van der Waals surface area contributed by atoms with Gasteiger partial charge in [-0.15, -0.1) is 0 Å². The number of carbonyl (C=O) groups excluding carboxylic acids is 1. The van der Waals surface area contributed by atoms with E-state index in [1.807, 2.05) is 13.8 Å². The molecule has 2 atom stereocenters. The Hall–Kier alpha value is -1.12. The monoisotopic (exact) mass is 237 g/mol. The molecule has 2 N–H and O–H groups in total. The van der Waals surface area contributed by atoms with Crippen LogP contribution in [0.25, 0.3) is 0 Å². The number of carbonyl (C=O) groups is 1. The molecule has 3 heteroatoms. The van der Waals surface area contributed by atoms with Crippen LogP contribution < -0.4 is 5.73 Å². The summed E-state index contributed by atoms with van der Waals surface area (Å²) >= 11 is 0. The molecular formula is C14H20FNO. The van der Waals surface area contributed by atoms with E-state index in [0.29, 0.717) is 12.3 Å². The highest BCUT2D eigenvalue weighted by atomic mass is 19.1. The van der Waals surface area contributed by atoms with Crippen LogP contribution >= 0.6 is 0 Å². The Kier molecular flexibility index (Phi) is 3.36. The third-order valence-corrected chi connectivity index (χ3v) is 3.80. The number of allylic oxidation sites excluding steroid dienone is 4. The second kappa shape index (κ2) is 4.63. The van der Waals surface area contributed by atoms with Crippen LogP contribution in [0.1, 0.15) is 33.1 Å². The van der Waals surface area contributed by atoms with Crippen LogP contribution in [-0.4, -0.2) is 5.91 Å². The fourth-order valence-corrected chi connectivity index (χ4v) is 2.85. The summed E-state index contributed by atoms with van der Waals surface area (Å²) in [6.45, 7) is 4.09. The van der Waals surface area contributed by atoms with Gasteiger partial charge in [-0.2, -0.15) is 0 Å². The quantitative estimate of drug-likeness (QED) is 0.802. The second-order valence-corrected chi connectivity index (χ2v) is 5.54. The van der Waals surface area contributed by atoms with E-state index in [1.54, 1.807) is 12.2 Å². The standard InChI is InChI=1S/C14H20FNO/c1-8(2)11-5-10(15)6-12(9-3-4-9)13(11)7-14(16)17/h5-6,8-9,12-13H,3-4,7H2,1-2H3,(H2,16,17). The van der Waals surface area contributed by atoms with Gasteiger partial charge in [0.1, 0.15) is 5.83 Å². The lowest BCUT2D eigenvalue weighted by Gasteiger charge is -2.31. The number of halogens is 1. The molecule has 0 aromatic heterocycles. The van der Waals surface area contributed by atoms with Crippen molar-refractivity contribution in [3.05, 3.63) is 23.6 Å². The van der Waals surface area contributed by atoms with Crippen LogP contribution in [0.15, 0.2) is 23.6 Å². The lowest BCUT2D eigenvalue weighted by Crippen LogP contribution is -2.28. The molecule has 0 bridgehead atoms. The van der Waals surface area contributed by atoms with Crippen molar-refractivity contribution < 1.29 is 9.18 Å². The Balaban J connectivity index is 2.26. The fourth-order valence-electron chi connectivity index (χ4n) is 2.85. The fraction of sp³-hybridized carbons (Fsp3) is 0.643. The third kappa shape index (κ3) is 2.76. The van der Waals surface area contributed by atoms with Crippen LogP contribution in [0.2, 0.25) is 0 Å². The van der Waals surface area contributed by atoms with Gasteiger partial charge < -0.3 is 5.73 Å². The molecule has 94 valence electrons. The molecule has 0 aromatic carbocycles. The normalized spacial score (nSPS) is 28.9. The Morgan fingerprint density at radius 1 is 1.53 bits per heavy atom. The van der Waals surface area contributed by atoms with Crippen LogP contribution in [0.3, 0.4) is 0 Å². The molecule has 1 fully saturated rings. The molecule has 2 aliphatic carbocycles. The molecule has 0 aromatic rings. The SMILES string of the molecule is CC(C)C1=CC(F)=CC(C2CC2)C1CC(N)=O. The minimum Gasteiger partial charge on any atom is -0.370 e. The van der Waals surface area contributed by atoms with E-state index in [0.717, 1.165) is 18.4 Å². The molecule has 2 nitrogen and oxygen atoms in total. The van der Waals surface area contributed by atoms with Gasteiger partial charge in [-0.3, -0.25) is 4.79 Å². The maximum absolute atomic E-state index is 13.6. The molecular weight excluding hydrogens is 217 g/mol. The topological polar surface area (TPSA) is 43.1 Å². The Bertz CT molecular complexity index is 380. The lowest BCUT2D eigenvalue weighted by atomic mass is 9.73. The van der Waals surface area contributed by atoms with Gasteiger partial charge in [0, 0.05) is 6.42 Å². The summed E-state index contributed by atoms with van der Waals surface area (Å²) in [5, 5.41) is 0. The first kappa shape index (κ1) is 12.3. The second-order valence-electron chi connectivity index (χ2n) is 5.54. The van der Waals surface area contributed by atoms with Crippen LogP contribution in [-0.2, 0) is 4.79 Å². The first-order valence-corrected chi connectivity index (χ1v) is 6.36. The number of amides is 1. The molecule has 0 spiro atoms. The number of nitrogens with two attached hydrogens (primary N) is 1. The zero-order valence-electron chi connectivity index (χ0n) is 10.4. The number of hydrogen-bond acceptors (Lipinski definition) is 1. The molecule has 0 radical (unpaired) electrons. The predicted octanol–water partition coefficient (Wildman–Crippen LogP) is 2.95. The largest absolute Gasteiger partial charge is 0.370 e. The van der Waals surface area contributed by atoms with Gasteiger partial charge in [0.25, 0.3) is 0 Å². The van der Waals surface area contributed by atoms with Crippen molar-refractivity contribution in [2.45, 2.75) is 33.1 Å². The van der Waals surface area contributed by atoms with Crippen molar-refractivity contribution in [2.75, 3.05) is 0 Å². The van der Waals surface area contributed by atoms with E-state index >= 15 is 0 Å². The zero-order valence-corrected chi connectivity index (χ0v) is 10.4. The van der Waals surface area contributed by atoms with E-state index in [-0.39, 0.29) is 29.5 Å². The Morgan fingerprint density at radius 3 is 2.65 bits per heavy atom. The van der Waals surface area contributed by atoms with E-state index in [1.165, 1.54) is 0 Å². The Labute approximate surface area is 102 Å². The van der Waals surface area contributed by atoms with Gasteiger partial charge in [-0.1, -0.05) is 19.4 Å². The molecule has 1 saturated carbocycles. The minimum absolute atomic E-state index is 0.111. The summed E-state index contributed by atoms with van der Waals surface area (Å²) in [6, 6.07) is 0. The van der Waals surface area contributed by atoms with Crippen LogP contribution in [0, 0.1) is 23.7 Å². The van der Waals surface area contributed by atoms with Crippen molar-refractivity contribution in [3.8, 4) is 0 Å². The van der Waals surface area contributed by atoms with Gasteiger partial charge in [0.15, 0.2) is 0 Å². The molecule has 0 saturated heterocycles. The summed E-state index contributed by atoms with van der Waals surface area (Å²) in [4.78, 5) is 11.2. The van der Waals surface area contributed by atoms with Crippen molar-refractivity contribution in [2.24, 2.45) is 29.4 Å². The summed E-state index contributed by atoms with van der Waals surface area (Å²) in [7, 11) is 0. The zero-order chi connectivity index (χ0) is 12.6. The summed E-state index contributed by atoms with van der Waals surface area (Å²) in [6.07, 6.45) is 5.92. The van der Waals surface area contributed by atoms with E-state index in [9.17, 15) is 9.18 Å². The third-order valence-electron chi connectivity index (χ3n) is 3.80. The van der Waals surface area contributed by atoms with Crippen molar-refractivity contribution in [3.63, 3.8) is 0 Å². The summed E-state index contributed by atoms with van der Waals surface area (Å²) < 4.78 is 13.6. The van der Waals surface area contributed by atoms with E-state index in [4.69, 9.17) is 5.73 Å². The van der Waals surface area contributed by atoms with Crippen LogP contribution in [0.5, 0.6) is 0 Å². The van der Waals surface area contributed by atoms with Crippen molar-refractivity contribution >= 4 is 5.91 Å². The molecule has 17 heavy (non-hydrogen) atoms. The van der Waals surface area contributed by atoms with Gasteiger partial charge in [-0.05, 0) is 48.7 Å². The first-order chi connectivity index (χ1) is 7.99. The molecule has 2 unspecified atom stereocenters. The minimum atomic E-state index is -0.289. The van der Waals surface area contributed by atoms with Gasteiger partial charge >= 0.3 is 0 Å². The van der Waals surface area contributed by atoms with Crippen molar-refractivity contribution in [1.29, 1.82) is 0 Å². The predicted molar refractivity (Wildman–Crippen MR) is 65.6 cm³/mol. The highest BCUT2D eigenvalue weighted by Crippen LogP contribution is 2.48. The maximum Gasteiger partial charge on any atom is 0.218 e. The molecule has 0 aliphatic heterocycles. The molecule has 0 heterocycles. The average Bonchev–Trinajstić information content (AvgIpc) is 3.02. The lowest BCUT2D eigenvalue weighted by molar-refractivity contribution is -0.119. The van der Waals surface area contributed by atoms with Gasteiger partial charge in [0.05, 0.1) is 0 Å².